The van der Waals surface area contributed by atoms with E-state index in [-0.39, 0.29) is 37.2 Å². The van der Waals surface area contributed by atoms with Gasteiger partial charge in [-0.3, -0.25) is 0 Å². The average molecular weight is 396 g/mol. The third-order valence-electron chi connectivity index (χ3n) is 4.41. The van der Waals surface area contributed by atoms with Crippen LogP contribution in [-0.4, -0.2) is 8.07 Å². The summed E-state index contributed by atoms with van der Waals surface area (Å²) >= 11 is 2.30. The third kappa shape index (κ3) is 4.28. The standard InChI is InChI=1S/C16H21Si.3ClH.Ti/c1-12-11-13(2)16(14(12)3)17(4,5)15-9-7-6-8-10-15;;;;/h6-10,13H,1-5H3;3*1H;/q;;;;+3/p-3. The molecule has 0 aromatic heterocycles. The Bertz CT molecular complexity index is 536. The summed E-state index contributed by atoms with van der Waals surface area (Å²) in [4.78, 5) is 0. The minimum absolute atomic E-state index is 0. The molecule has 2 rings (SSSR count). The van der Waals surface area contributed by atoms with Crippen molar-refractivity contribution in [1.82, 2.24) is 0 Å². The molecule has 1 unspecified atom stereocenters. The Morgan fingerprint density at radius 3 is 1.76 bits per heavy atom. The van der Waals surface area contributed by atoms with Gasteiger partial charge < -0.3 is 37.2 Å². The molecule has 0 N–H and O–H groups in total. The summed E-state index contributed by atoms with van der Waals surface area (Å²) in [5.74, 6) is 0.631. The van der Waals surface area contributed by atoms with Crippen LogP contribution in [0.25, 0.3) is 0 Å². The van der Waals surface area contributed by atoms with Crippen LogP contribution in [0.2, 0.25) is 13.1 Å². The predicted octanol–water partition coefficient (Wildman–Crippen LogP) is -5.06. The monoisotopic (exact) mass is 394 g/mol. The molecular weight excluding hydrogens is 374 g/mol. The van der Waals surface area contributed by atoms with Gasteiger partial charge in [0.15, 0.2) is 0 Å². The van der Waals surface area contributed by atoms with E-state index in [1.165, 1.54) is 5.57 Å². The summed E-state index contributed by atoms with van der Waals surface area (Å²) in [5, 5.41) is 3.28. The molecule has 1 aliphatic rings. The van der Waals surface area contributed by atoms with E-state index in [1.54, 1.807) is 19.8 Å². The predicted molar refractivity (Wildman–Crippen MR) is 78.1 cm³/mol. The van der Waals surface area contributed by atoms with Gasteiger partial charge in [0.05, 0.1) is 0 Å². The molecule has 0 spiro atoms. The van der Waals surface area contributed by atoms with E-state index in [0.717, 1.165) is 0 Å². The molecule has 5 heteroatoms. The molecule has 0 amide bonds. The molecule has 1 aromatic rings. The Morgan fingerprint density at radius 1 is 0.905 bits per heavy atom. The van der Waals surface area contributed by atoms with Crippen LogP contribution in [0.3, 0.4) is 0 Å². The van der Waals surface area contributed by atoms with Gasteiger partial charge in [-0.1, -0.05) is 0 Å². The van der Waals surface area contributed by atoms with E-state index in [4.69, 9.17) is 0 Å². The first kappa shape index (κ1) is 23.8. The van der Waals surface area contributed by atoms with E-state index >= 15 is 0 Å². The van der Waals surface area contributed by atoms with Crippen molar-refractivity contribution in [3.63, 3.8) is 0 Å². The number of benzene rings is 1. The molecular formula is C16H21Cl3SiTi. The molecule has 1 atom stereocenters. The zero-order valence-corrected chi connectivity index (χ0v) is 17.9. The zero-order valence-electron chi connectivity index (χ0n) is 13.1. The first-order valence-corrected chi connectivity index (χ1v) is 10.3. The van der Waals surface area contributed by atoms with Gasteiger partial charge in [-0.15, -0.1) is 0 Å². The summed E-state index contributed by atoms with van der Waals surface area (Å²) in [5.41, 5.74) is 3.08. The second-order valence-corrected chi connectivity index (χ2v) is 11.0. The molecule has 0 saturated heterocycles. The summed E-state index contributed by atoms with van der Waals surface area (Å²) in [6.45, 7) is 12.0. The molecule has 21 heavy (non-hydrogen) atoms. The average Bonchev–Trinajstić information content (AvgIpc) is 2.55. The maximum absolute atomic E-state index is 2.49. The van der Waals surface area contributed by atoms with E-state index < -0.39 is 8.07 Å². The summed E-state index contributed by atoms with van der Waals surface area (Å²) in [6.07, 6.45) is 0. The molecule has 0 aliphatic heterocycles. The van der Waals surface area contributed by atoms with Gasteiger partial charge >= 0.3 is 124 Å². The fraction of sp³-hybridized carbons (Fsp3) is 0.375. The van der Waals surface area contributed by atoms with Crippen molar-refractivity contribution in [2.45, 2.75) is 33.9 Å². The van der Waals surface area contributed by atoms with Crippen molar-refractivity contribution in [2.24, 2.45) is 5.92 Å². The number of rotatable bonds is 2. The largest absolute Gasteiger partial charge is 1.00 e. The van der Waals surface area contributed by atoms with Crippen molar-refractivity contribution in [1.29, 1.82) is 0 Å². The molecule has 1 aromatic carbocycles. The maximum atomic E-state index is 2.49. The zero-order chi connectivity index (χ0) is 13.5. The fourth-order valence-electron chi connectivity index (χ4n) is 3.22. The van der Waals surface area contributed by atoms with Crippen molar-refractivity contribution in [3.8, 4) is 0 Å². The molecule has 114 valence electrons. The summed E-state index contributed by atoms with van der Waals surface area (Å²) in [6, 6.07) is 11.1. The quantitative estimate of drug-likeness (QED) is 0.440. The molecule has 0 saturated carbocycles. The SMILES string of the molecule is CC1=[C]([Ti+3])C(C)C([Si](C)(C)c2ccccc2)=C1C.[Cl-].[Cl-].[Cl-]. The molecule has 0 bridgehead atoms. The molecule has 0 nitrogen and oxygen atoms in total. The molecule has 0 fully saturated rings. The first-order chi connectivity index (χ1) is 8.37. The normalized spacial score (nSPS) is 18.0. The Morgan fingerprint density at radius 2 is 1.38 bits per heavy atom. The topological polar surface area (TPSA) is 0 Å². The second-order valence-electron chi connectivity index (χ2n) is 5.79. The fourth-order valence-corrected chi connectivity index (χ4v) is 7.65. The van der Waals surface area contributed by atoms with Crippen LogP contribution in [0.1, 0.15) is 20.8 Å². The minimum atomic E-state index is -1.52. The van der Waals surface area contributed by atoms with Gasteiger partial charge in [0.1, 0.15) is 0 Å². The number of hydrogen-bond acceptors (Lipinski definition) is 0. The van der Waals surface area contributed by atoms with E-state index in [0.29, 0.717) is 5.92 Å². The van der Waals surface area contributed by atoms with Crippen LogP contribution in [0.5, 0.6) is 0 Å². The van der Waals surface area contributed by atoms with Crippen molar-refractivity contribution in [2.75, 3.05) is 0 Å². The van der Waals surface area contributed by atoms with Gasteiger partial charge in [0, 0.05) is 0 Å². The Labute approximate surface area is 160 Å². The second kappa shape index (κ2) is 8.96. The molecule has 0 heterocycles. The van der Waals surface area contributed by atoms with Crippen molar-refractivity contribution < 1.29 is 57.7 Å². The van der Waals surface area contributed by atoms with Crippen LogP contribution in [0, 0.1) is 5.92 Å². The van der Waals surface area contributed by atoms with Gasteiger partial charge in [-0.25, -0.2) is 0 Å². The van der Waals surface area contributed by atoms with Crippen LogP contribution in [0.4, 0.5) is 0 Å². The van der Waals surface area contributed by atoms with Crippen LogP contribution >= 0.6 is 0 Å². The number of allylic oxidation sites excluding steroid dienone is 4. The number of hydrogen-bond donors (Lipinski definition) is 0. The van der Waals surface area contributed by atoms with E-state index in [9.17, 15) is 0 Å². The van der Waals surface area contributed by atoms with Gasteiger partial charge in [0.2, 0.25) is 0 Å². The Kier molecular flexibility index (Phi) is 10.1. The van der Waals surface area contributed by atoms with Crippen molar-refractivity contribution in [3.05, 3.63) is 50.6 Å². The third-order valence-corrected chi connectivity index (χ3v) is 9.60. The van der Waals surface area contributed by atoms with Gasteiger partial charge in [-0.05, 0) is 0 Å². The van der Waals surface area contributed by atoms with Crippen molar-refractivity contribution >= 4 is 13.3 Å². The Hall–Kier alpha value is 0.501. The van der Waals surface area contributed by atoms with Gasteiger partial charge in [-0.2, -0.15) is 0 Å². The van der Waals surface area contributed by atoms with Crippen LogP contribution in [0.15, 0.2) is 50.6 Å². The summed E-state index contributed by atoms with van der Waals surface area (Å²) < 4.78 is 1.57. The van der Waals surface area contributed by atoms with Crippen LogP contribution < -0.4 is 42.4 Å². The van der Waals surface area contributed by atoms with E-state index in [1.807, 2.05) is 0 Å². The molecule has 1 aliphatic carbocycles. The first-order valence-electron chi connectivity index (χ1n) is 6.57. The molecule has 0 radical (unpaired) electrons. The Balaban J connectivity index is 0. The van der Waals surface area contributed by atoms with E-state index in [2.05, 4.69) is 84.6 Å². The van der Waals surface area contributed by atoms with Gasteiger partial charge in [0.25, 0.3) is 0 Å². The minimum Gasteiger partial charge on any atom is -1.00 e. The smallest absolute Gasteiger partial charge is 1.00 e. The van der Waals surface area contributed by atoms with Crippen LogP contribution in [-0.2, 0) is 20.4 Å². The number of halogens is 3. The maximum Gasteiger partial charge on any atom is -1.00 e. The summed E-state index contributed by atoms with van der Waals surface area (Å²) in [7, 11) is -1.52.